The smallest absolute Gasteiger partial charge is 0.370 e. The van der Waals surface area contributed by atoms with Gasteiger partial charge in [-0.2, -0.15) is 13.2 Å². The van der Waals surface area contributed by atoms with Gasteiger partial charge in [0, 0.05) is 32.9 Å². The quantitative estimate of drug-likeness (QED) is 0.249. The number of unbranched alkanes of at least 4 members (excludes halogenated alkanes) is 1. The lowest BCUT2D eigenvalue weighted by molar-refractivity contribution is -0.132. The number of anilines is 1. The molecule has 3 N–H and O–H groups in total. The predicted molar refractivity (Wildman–Crippen MR) is 97.4 cm³/mol. The first-order chi connectivity index (χ1) is 10.5. The minimum atomic E-state index is -4.15. The van der Waals surface area contributed by atoms with Gasteiger partial charge in [0.25, 0.3) is 0 Å². The molecule has 23 heavy (non-hydrogen) atoms. The molecule has 0 aliphatic rings. The zero-order chi connectivity index (χ0) is 16.3. The van der Waals surface area contributed by atoms with E-state index in [2.05, 4.69) is 25.9 Å². The summed E-state index contributed by atoms with van der Waals surface area (Å²) >= 11 is 0. The molecule has 9 heteroatoms. The number of rotatable bonds is 8. The van der Waals surface area contributed by atoms with Gasteiger partial charge in [0.05, 0.1) is 6.42 Å². The van der Waals surface area contributed by atoms with E-state index in [4.69, 9.17) is 0 Å². The Morgan fingerprint density at radius 2 is 1.83 bits per heavy atom. The molecule has 0 saturated carbocycles. The summed E-state index contributed by atoms with van der Waals surface area (Å²) in [5.74, 6) is 1.22. The molecule has 0 amide bonds. The molecule has 1 rings (SSSR count). The average Bonchev–Trinajstić information content (AvgIpc) is 2.48. The molecule has 0 radical (unpaired) electrons. The molecular formula is C14H23F3IN5. The second-order valence-electron chi connectivity index (χ2n) is 4.64. The minimum Gasteiger partial charge on any atom is -0.370 e. The second kappa shape index (κ2) is 12.2. The molecule has 0 atom stereocenters. The zero-order valence-corrected chi connectivity index (χ0v) is 15.3. The second-order valence-corrected chi connectivity index (χ2v) is 4.64. The first-order valence-corrected chi connectivity index (χ1v) is 7.17. The molecule has 0 saturated heterocycles. The van der Waals surface area contributed by atoms with Gasteiger partial charge in [-0.05, 0) is 25.0 Å². The van der Waals surface area contributed by atoms with Gasteiger partial charge < -0.3 is 16.0 Å². The van der Waals surface area contributed by atoms with E-state index in [1.165, 1.54) is 7.05 Å². The Labute approximate surface area is 151 Å². The van der Waals surface area contributed by atoms with Crippen LogP contribution in [0.4, 0.5) is 19.0 Å². The first-order valence-electron chi connectivity index (χ1n) is 7.17. The van der Waals surface area contributed by atoms with Crippen molar-refractivity contribution < 1.29 is 13.2 Å². The number of alkyl halides is 3. The summed E-state index contributed by atoms with van der Waals surface area (Å²) in [4.78, 5) is 8.02. The third-order valence-electron chi connectivity index (χ3n) is 2.79. The largest absolute Gasteiger partial charge is 0.390 e. The van der Waals surface area contributed by atoms with Crippen LogP contribution >= 0.6 is 24.0 Å². The summed E-state index contributed by atoms with van der Waals surface area (Å²) in [7, 11) is 1.53. The summed E-state index contributed by atoms with van der Waals surface area (Å²) in [6, 6.07) is 5.66. The van der Waals surface area contributed by atoms with Gasteiger partial charge in [-0.3, -0.25) is 4.99 Å². The van der Waals surface area contributed by atoms with Crippen LogP contribution in [0.5, 0.6) is 0 Å². The van der Waals surface area contributed by atoms with E-state index >= 15 is 0 Å². The van der Waals surface area contributed by atoms with Crippen LogP contribution in [0.2, 0.25) is 0 Å². The number of guanidine groups is 1. The maximum atomic E-state index is 12.0. The molecule has 0 unspecified atom stereocenters. The number of aromatic nitrogens is 1. The molecule has 1 aromatic rings. The highest BCUT2D eigenvalue weighted by Gasteiger charge is 2.26. The molecule has 0 bridgehead atoms. The van der Waals surface area contributed by atoms with Crippen molar-refractivity contribution in [2.24, 2.45) is 4.99 Å². The Hall–Kier alpha value is -1.26. The highest BCUT2D eigenvalue weighted by atomic mass is 127. The van der Waals surface area contributed by atoms with Crippen molar-refractivity contribution in [3.05, 3.63) is 24.4 Å². The van der Waals surface area contributed by atoms with Crippen molar-refractivity contribution in [3.8, 4) is 0 Å². The number of nitrogens with zero attached hydrogens (tertiary/aromatic N) is 2. The Morgan fingerprint density at radius 1 is 1.13 bits per heavy atom. The van der Waals surface area contributed by atoms with Crippen molar-refractivity contribution in [1.82, 2.24) is 15.6 Å². The van der Waals surface area contributed by atoms with E-state index in [1.807, 2.05) is 18.2 Å². The Balaban J connectivity index is 0.00000484. The minimum absolute atomic E-state index is 0. The summed E-state index contributed by atoms with van der Waals surface area (Å²) in [5, 5.41) is 8.81. The topological polar surface area (TPSA) is 61.3 Å². The van der Waals surface area contributed by atoms with Crippen LogP contribution in [0.3, 0.4) is 0 Å². The fourth-order valence-corrected chi connectivity index (χ4v) is 1.68. The molecule has 0 aliphatic carbocycles. The number of hydrogen-bond acceptors (Lipinski definition) is 3. The number of nitrogens with one attached hydrogen (secondary N) is 3. The van der Waals surface area contributed by atoms with Gasteiger partial charge in [-0.1, -0.05) is 6.07 Å². The van der Waals surface area contributed by atoms with Gasteiger partial charge >= 0.3 is 6.18 Å². The van der Waals surface area contributed by atoms with E-state index < -0.39 is 12.6 Å². The van der Waals surface area contributed by atoms with E-state index in [0.717, 1.165) is 25.2 Å². The van der Waals surface area contributed by atoms with Gasteiger partial charge in [0.1, 0.15) is 5.82 Å². The maximum absolute atomic E-state index is 12.0. The van der Waals surface area contributed by atoms with Crippen molar-refractivity contribution in [2.45, 2.75) is 25.4 Å². The van der Waals surface area contributed by atoms with E-state index in [1.54, 1.807) is 6.20 Å². The molecule has 1 aromatic heterocycles. The van der Waals surface area contributed by atoms with Gasteiger partial charge in [0.15, 0.2) is 5.96 Å². The number of pyridine rings is 1. The molecule has 132 valence electrons. The Kier molecular flexibility index (Phi) is 11.5. The Bertz CT molecular complexity index is 440. The van der Waals surface area contributed by atoms with Gasteiger partial charge in [-0.15, -0.1) is 24.0 Å². The van der Waals surface area contributed by atoms with E-state index in [9.17, 15) is 13.2 Å². The molecular weight excluding hydrogens is 422 g/mol. The monoisotopic (exact) mass is 445 g/mol. The molecule has 0 spiro atoms. The SMILES string of the molecule is CN=C(NCCCCNc1ccccn1)NCCC(F)(F)F.I. The summed E-state index contributed by atoms with van der Waals surface area (Å²) < 4.78 is 36.1. The predicted octanol–water partition coefficient (Wildman–Crippen LogP) is 3.01. The lowest BCUT2D eigenvalue weighted by Gasteiger charge is -2.13. The van der Waals surface area contributed by atoms with E-state index in [-0.39, 0.29) is 30.5 Å². The molecule has 0 aliphatic heterocycles. The van der Waals surface area contributed by atoms with E-state index in [0.29, 0.717) is 12.5 Å². The number of aliphatic imine (C=N–C) groups is 1. The summed E-state index contributed by atoms with van der Waals surface area (Å²) in [6.45, 7) is 1.26. The van der Waals surface area contributed by atoms with Crippen molar-refractivity contribution in [3.63, 3.8) is 0 Å². The number of halogens is 4. The van der Waals surface area contributed by atoms with Crippen LogP contribution in [0.25, 0.3) is 0 Å². The van der Waals surface area contributed by atoms with Crippen LogP contribution in [-0.2, 0) is 0 Å². The van der Waals surface area contributed by atoms with Crippen LogP contribution in [0, 0.1) is 0 Å². The molecule has 0 aromatic carbocycles. The zero-order valence-electron chi connectivity index (χ0n) is 13.0. The molecule has 5 nitrogen and oxygen atoms in total. The lowest BCUT2D eigenvalue weighted by Crippen LogP contribution is -2.39. The van der Waals surface area contributed by atoms with Crippen molar-refractivity contribution >= 4 is 35.8 Å². The number of hydrogen-bond donors (Lipinski definition) is 3. The highest BCUT2D eigenvalue weighted by Crippen LogP contribution is 2.17. The van der Waals surface area contributed by atoms with Gasteiger partial charge in [-0.25, -0.2) is 4.98 Å². The average molecular weight is 445 g/mol. The third kappa shape index (κ3) is 11.9. The van der Waals surface area contributed by atoms with Crippen molar-refractivity contribution in [1.29, 1.82) is 0 Å². The van der Waals surface area contributed by atoms with Crippen LogP contribution < -0.4 is 16.0 Å². The summed E-state index contributed by atoms with van der Waals surface area (Å²) in [5.41, 5.74) is 0. The fraction of sp³-hybridized carbons (Fsp3) is 0.571. The van der Waals surface area contributed by atoms with Crippen LogP contribution in [0.1, 0.15) is 19.3 Å². The molecule has 1 heterocycles. The Morgan fingerprint density at radius 3 is 2.43 bits per heavy atom. The normalized spacial score (nSPS) is 11.6. The van der Waals surface area contributed by atoms with Crippen LogP contribution in [-0.4, -0.2) is 43.8 Å². The fourth-order valence-electron chi connectivity index (χ4n) is 1.68. The lowest BCUT2D eigenvalue weighted by atomic mass is 10.3. The van der Waals surface area contributed by atoms with Crippen molar-refractivity contribution in [2.75, 3.05) is 32.0 Å². The standard InChI is InChI=1S/C14H22F3N5.HI/c1-18-13(22-11-7-14(15,16)17)21-10-5-4-9-20-12-6-2-3-8-19-12;/h2-3,6,8H,4-5,7,9-11H2,1H3,(H,19,20)(H2,18,21,22);1H. The third-order valence-corrected chi connectivity index (χ3v) is 2.79. The van der Waals surface area contributed by atoms with Crippen LogP contribution in [0.15, 0.2) is 29.4 Å². The summed E-state index contributed by atoms with van der Waals surface area (Å²) in [6.07, 6.45) is -1.51. The highest BCUT2D eigenvalue weighted by molar-refractivity contribution is 14.0. The van der Waals surface area contributed by atoms with Gasteiger partial charge in [0.2, 0.25) is 0 Å². The first kappa shape index (κ1) is 21.7. The molecule has 0 fully saturated rings. The maximum Gasteiger partial charge on any atom is 0.390 e.